The maximum Gasteiger partial charge on any atom is 0.324 e. The van der Waals surface area contributed by atoms with Crippen LogP contribution in [0.2, 0.25) is 0 Å². The van der Waals surface area contributed by atoms with Gasteiger partial charge in [-0.05, 0) is 63.2 Å². The van der Waals surface area contributed by atoms with E-state index in [0.29, 0.717) is 52.4 Å². The van der Waals surface area contributed by atoms with Crippen molar-refractivity contribution in [2.45, 2.75) is 47.5 Å². The predicted molar refractivity (Wildman–Crippen MR) is 140 cm³/mol. The normalized spacial score (nSPS) is 13.8. The summed E-state index contributed by atoms with van der Waals surface area (Å²) in [6, 6.07) is 3.71. The van der Waals surface area contributed by atoms with Gasteiger partial charge >= 0.3 is 6.03 Å². The third kappa shape index (κ3) is 5.84. The fraction of sp³-hybridized carbons (Fsp3) is 0.444. The van der Waals surface area contributed by atoms with E-state index in [1.54, 1.807) is 19.9 Å². The third-order valence-corrected chi connectivity index (χ3v) is 6.57. The van der Waals surface area contributed by atoms with Gasteiger partial charge in [-0.3, -0.25) is 14.5 Å². The highest BCUT2D eigenvalue weighted by Crippen LogP contribution is 2.34. The number of hydrogen-bond acceptors (Lipinski definition) is 4. The van der Waals surface area contributed by atoms with Crippen LogP contribution in [0.1, 0.15) is 66.5 Å². The number of H-pyrrole nitrogens is 1. The van der Waals surface area contributed by atoms with E-state index in [1.165, 1.54) is 23.1 Å². The minimum Gasteiger partial charge on any atom is -0.358 e. The first kappa shape index (κ1) is 27.1. The Morgan fingerprint density at radius 2 is 1.83 bits per heavy atom. The van der Waals surface area contributed by atoms with Gasteiger partial charge in [0.05, 0.1) is 11.1 Å². The van der Waals surface area contributed by atoms with E-state index < -0.39 is 17.8 Å². The van der Waals surface area contributed by atoms with Crippen LogP contribution in [0.5, 0.6) is 0 Å². The van der Waals surface area contributed by atoms with E-state index in [2.05, 4.69) is 20.5 Å². The van der Waals surface area contributed by atoms with Gasteiger partial charge in [0, 0.05) is 42.3 Å². The second-order valence-corrected chi connectivity index (χ2v) is 8.93. The summed E-state index contributed by atoms with van der Waals surface area (Å²) in [7, 11) is 0. The fourth-order valence-corrected chi connectivity index (χ4v) is 4.37. The first-order chi connectivity index (χ1) is 17.2. The third-order valence-electron chi connectivity index (χ3n) is 6.57. The minimum absolute atomic E-state index is 0.258. The Balaban J connectivity index is 1.94. The van der Waals surface area contributed by atoms with Gasteiger partial charge in [-0.1, -0.05) is 27.2 Å². The van der Waals surface area contributed by atoms with E-state index in [9.17, 15) is 18.8 Å². The molecule has 0 fully saturated rings. The summed E-state index contributed by atoms with van der Waals surface area (Å²) >= 11 is 0. The van der Waals surface area contributed by atoms with Crippen LogP contribution in [0.4, 0.5) is 14.9 Å². The molecule has 9 heteroatoms. The molecule has 1 aromatic heterocycles. The monoisotopic (exact) mass is 497 g/mol. The number of fused-ring (bicyclic) bond motifs is 1. The molecule has 3 N–H and O–H groups in total. The molecule has 1 aliphatic heterocycles. The number of nitrogens with one attached hydrogen (secondary N) is 3. The highest BCUT2D eigenvalue weighted by molar-refractivity contribution is 6.35. The van der Waals surface area contributed by atoms with Crippen LogP contribution in [0.15, 0.2) is 18.2 Å². The van der Waals surface area contributed by atoms with Crippen molar-refractivity contribution in [2.24, 2.45) is 0 Å². The van der Waals surface area contributed by atoms with Crippen molar-refractivity contribution >= 4 is 35.2 Å². The lowest BCUT2D eigenvalue weighted by Crippen LogP contribution is -2.47. The number of likely N-dealkylation sites (N-methyl/N-ethyl adjacent to an activating group) is 1. The van der Waals surface area contributed by atoms with Crippen molar-refractivity contribution in [3.8, 4) is 0 Å². The zero-order valence-corrected chi connectivity index (χ0v) is 21.8. The number of unbranched alkanes of at least 4 members (excludes halogenated alkanes) is 1. The van der Waals surface area contributed by atoms with E-state index in [1.807, 2.05) is 20.8 Å². The maximum absolute atomic E-state index is 13.8. The van der Waals surface area contributed by atoms with Crippen LogP contribution < -0.4 is 10.6 Å². The summed E-state index contributed by atoms with van der Waals surface area (Å²) in [5, 5.41) is 5.59. The second kappa shape index (κ2) is 12.0. The highest BCUT2D eigenvalue weighted by Gasteiger charge is 2.29. The Bertz CT molecular complexity index is 1170. The summed E-state index contributed by atoms with van der Waals surface area (Å²) in [6.45, 7) is 12.6. The Morgan fingerprint density at radius 3 is 2.50 bits per heavy atom. The molecule has 1 aliphatic rings. The molecule has 36 heavy (non-hydrogen) atoms. The number of carbonyl (C=O) groups excluding carboxylic acids is 3. The number of imide groups is 1. The molecule has 0 unspecified atom stereocenters. The van der Waals surface area contributed by atoms with Crippen LogP contribution in [0.3, 0.4) is 0 Å². The molecule has 0 aliphatic carbocycles. The van der Waals surface area contributed by atoms with Gasteiger partial charge < -0.3 is 20.5 Å². The standard InChI is InChI=1S/C27H36FN5O3/c1-6-9-12-29-27(36)33(14-13-32(7-2)8-3)26(35)24-17(4)23(30-18(24)5)16-21-20-15-19(28)10-11-22(20)31-25(21)34/h10-11,15-16,30H,6-9,12-14H2,1-5H3,(H,29,36)(H,31,34). The summed E-state index contributed by atoms with van der Waals surface area (Å²) in [5.41, 5.74) is 3.49. The van der Waals surface area contributed by atoms with Gasteiger partial charge in [-0.15, -0.1) is 0 Å². The van der Waals surface area contributed by atoms with Gasteiger partial charge in [0.1, 0.15) is 5.82 Å². The maximum atomic E-state index is 13.8. The first-order valence-electron chi connectivity index (χ1n) is 12.6. The number of aromatic amines is 1. The summed E-state index contributed by atoms with van der Waals surface area (Å²) in [5.74, 6) is -1.18. The van der Waals surface area contributed by atoms with Crippen molar-refractivity contribution in [1.29, 1.82) is 0 Å². The molecule has 0 radical (unpaired) electrons. The molecular weight excluding hydrogens is 461 g/mol. The van der Waals surface area contributed by atoms with Crippen LogP contribution in [0, 0.1) is 19.7 Å². The summed E-state index contributed by atoms with van der Waals surface area (Å²) in [4.78, 5) is 45.9. The van der Waals surface area contributed by atoms with E-state index >= 15 is 0 Å². The molecule has 194 valence electrons. The van der Waals surface area contributed by atoms with E-state index in [-0.39, 0.29) is 12.5 Å². The van der Waals surface area contributed by atoms with Crippen molar-refractivity contribution in [2.75, 3.05) is 38.0 Å². The number of aryl methyl sites for hydroxylation is 1. The molecule has 4 amide bonds. The van der Waals surface area contributed by atoms with Crippen molar-refractivity contribution in [3.63, 3.8) is 0 Å². The SMILES string of the molecule is CCCCNC(=O)N(CCN(CC)CC)C(=O)c1c(C)[nH]c(C=C2C(=O)Nc3ccc(F)cc32)c1C. The summed E-state index contributed by atoms with van der Waals surface area (Å²) < 4.78 is 13.8. The Hall–Kier alpha value is -3.46. The van der Waals surface area contributed by atoms with Gasteiger partial charge in [-0.25, -0.2) is 9.18 Å². The number of rotatable bonds is 10. The molecular formula is C27H36FN5O3. The number of nitrogens with zero attached hydrogens (tertiary/aromatic N) is 2. The van der Waals surface area contributed by atoms with Crippen LogP contribution in [-0.4, -0.2) is 65.4 Å². The van der Waals surface area contributed by atoms with E-state index in [4.69, 9.17) is 0 Å². The molecule has 0 bridgehead atoms. The number of amides is 4. The number of urea groups is 1. The topological polar surface area (TPSA) is 97.5 Å². The summed E-state index contributed by atoms with van der Waals surface area (Å²) in [6.07, 6.45) is 3.39. The zero-order valence-electron chi connectivity index (χ0n) is 21.8. The molecule has 0 spiro atoms. The van der Waals surface area contributed by atoms with Crippen LogP contribution in [0.25, 0.3) is 11.6 Å². The average molecular weight is 498 g/mol. The average Bonchev–Trinajstić information content (AvgIpc) is 3.31. The van der Waals surface area contributed by atoms with Gasteiger partial charge in [-0.2, -0.15) is 0 Å². The Labute approximate surface area is 211 Å². The first-order valence-corrected chi connectivity index (χ1v) is 12.6. The highest BCUT2D eigenvalue weighted by atomic mass is 19.1. The number of hydrogen-bond donors (Lipinski definition) is 3. The lowest BCUT2D eigenvalue weighted by molar-refractivity contribution is -0.110. The number of benzene rings is 1. The molecule has 2 heterocycles. The molecule has 3 rings (SSSR count). The van der Waals surface area contributed by atoms with Crippen molar-refractivity contribution < 1.29 is 18.8 Å². The molecule has 0 saturated carbocycles. The second-order valence-electron chi connectivity index (χ2n) is 8.93. The largest absolute Gasteiger partial charge is 0.358 e. The van der Waals surface area contributed by atoms with Crippen molar-refractivity contribution in [1.82, 2.24) is 20.1 Å². The van der Waals surface area contributed by atoms with Gasteiger partial charge in [0.25, 0.3) is 11.8 Å². The Morgan fingerprint density at radius 1 is 1.11 bits per heavy atom. The van der Waals surface area contributed by atoms with Crippen molar-refractivity contribution in [3.05, 3.63) is 52.1 Å². The quantitative estimate of drug-likeness (QED) is 0.331. The molecule has 1 aromatic carbocycles. The number of anilines is 1. The predicted octanol–water partition coefficient (Wildman–Crippen LogP) is 4.56. The van der Waals surface area contributed by atoms with Gasteiger partial charge in [0.15, 0.2) is 0 Å². The van der Waals surface area contributed by atoms with Crippen LogP contribution >= 0.6 is 0 Å². The molecule has 2 aromatic rings. The molecule has 0 saturated heterocycles. The van der Waals surface area contributed by atoms with Crippen LogP contribution in [-0.2, 0) is 4.79 Å². The van der Waals surface area contributed by atoms with E-state index in [0.717, 1.165) is 25.9 Å². The number of halogens is 1. The smallest absolute Gasteiger partial charge is 0.324 e. The Kier molecular flexibility index (Phi) is 9.03. The lowest BCUT2D eigenvalue weighted by Gasteiger charge is -2.25. The van der Waals surface area contributed by atoms with Gasteiger partial charge in [0.2, 0.25) is 0 Å². The zero-order chi connectivity index (χ0) is 26.4. The number of aromatic nitrogens is 1. The molecule has 8 nitrogen and oxygen atoms in total. The number of carbonyl (C=O) groups is 3. The molecule has 0 atom stereocenters. The minimum atomic E-state index is -0.440. The fourth-order valence-electron chi connectivity index (χ4n) is 4.37. The lowest BCUT2D eigenvalue weighted by atomic mass is 10.0.